The van der Waals surface area contributed by atoms with Crippen LogP contribution < -0.4 is 26.0 Å². The van der Waals surface area contributed by atoms with Crippen molar-refractivity contribution in [3.63, 3.8) is 0 Å². The second-order valence-corrected chi connectivity index (χ2v) is 11.5. The van der Waals surface area contributed by atoms with Crippen LogP contribution in [0.25, 0.3) is 22.3 Å². The molecule has 10 nitrogen and oxygen atoms in total. The molecule has 2 fully saturated rings. The Hall–Kier alpha value is -4.77. The number of carbonyl (C=O) groups is 4. The molecule has 0 bridgehead atoms. The van der Waals surface area contributed by atoms with Gasteiger partial charge in [0.15, 0.2) is 0 Å². The summed E-state index contributed by atoms with van der Waals surface area (Å²) in [5, 5.41) is 11.5. The number of nitrogens with one attached hydrogen (secondary N) is 4. The fourth-order valence-electron chi connectivity index (χ4n) is 5.98. The molecule has 5 amide bonds. The standard InChI is InChI=1S/C34H38FN5O5/c1-19-23(22-14-28(35)26(30(15-22)45-4)17-36-16-21-8-7-13-37-31(21)41)9-5-10-24(19)25-11-6-12-29(20(25)2)39-32(42)27-18-38-34(44)40(3)33(27)43/h5-6,9-12,14-15,21,27,36H,7-8,13,16-18H2,1-4H3,(H,37,41)(H,38,44)(H,39,42). The van der Waals surface area contributed by atoms with Gasteiger partial charge < -0.3 is 26.0 Å². The van der Waals surface area contributed by atoms with Gasteiger partial charge in [0.2, 0.25) is 17.7 Å². The van der Waals surface area contributed by atoms with Gasteiger partial charge in [0.05, 0.1) is 13.0 Å². The van der Waals surface area contributed by atoms with Gasteiger partial charge in [-0.15, -0.1) is 0 Å². The summed E-state index contributed by atoms with van der Waals surface area (Å²) in [5.41, 5.74) is 5.89. The third kappa shape index (κ3) is 6.53. The molecule has 2 heterocycles. The van der Waals surface area contributed by atoms with Crippen molar-refractivity contribution in [2.75, 3.05) is 39.1 Å². The van der Waals surface area contributed by atoms with Crippen LogP contribution in [-0.4, -0.2) is 62.4 Å². The maximum Gasteiger partial charge on any atom is 0.323 e. The first-order chi connectivity index (χ1) is 21.6. The summed E-state index contributed by atoms with van der Waals surface area (Å²) in [5.74, 6) is -2.20. The number of rotatable bonds is 9. The molecule has 3 aromatic rings. The number of ether oxygens (including phenoxy) is 1. The minimum absolute atomic E-state index is 0.0252. The third-order valence-corrected chi connectivity index (χ3v) is 8.70. The minimum atomic E-state index is -1.03. The number of benzene rings is 3. The fourth-order valence-corrected chi connectivity index (χ4v) is 5.98. The number of anilines is 1. The van der Waals surface area contributed by atoms with E-state index in [9.17, 15) is 19.2 Å². The predicted octanol–water partition coefficient (Wildman–Crippen LogP) is 4.14. The molecule has 2 atom stereocenters. The summed E-state index contributed by atoms with van der Waals surface area (Å²) in [6.45, 7) is 5.16. The summed E-state index contributed by atoms with van der Waals surface area (Å²) in [4.78, 5) is 50.3. The van der Waals surface area contributed by atoms with Gasteiger partial charge in [-0.2, -0.15) is 0 Å². The molecule has 0 radical (unpaired) electrons. The Morgan fingerprint density at radius 2 is 1.73 bits per heavy atom. The number of amides is 5. The monoisotopic (exact) mass is 615 g/mol. The Morgan fingerprint density at radius 3 is 2.47 bits per heavy atom. The molecule has 4 N–H and O–H groups in total. The van der Waals surface area contributed by atoms with Crippen LogP contribution in [0.15, 0.2) is 48.5 Å². The second kappa shape index (κ2) is 13.5. The maximum absolute atomic E-state index is 15.6. The van der Waals surface area contributed by atoms with Crippen molar-refractivity contribution >= 4 is 29.4 Å². The van der Waals surface area contributed by atoms with E-state index in [0.29, 0.717) is 35.7 Å². The van der Waals surface area contributed by atoms with Crippen molar-refractivity contribution in [3.05, 3.63) is 71.0 Å². The molecular formula is C34H38FN5O5. The summed E-state index contributed by atoms with van der Waals surface area (Å²) < 4.78 is 21.2. The summed E-state index contributed by atoms with van der Waals surface area (Å²) in [7, 11) is 2.85. The molecule has 2 unspecified atom stereocenters. The molecule has 0 aromatic heterocycles. The highest BCUT2D eigenvalue weighted by molar-refractivity contribution is 6.12. The van der Waals surface area contributed by atoms with Crippen molar-refractivity contribution in [3.8, 4) is 28.0 Å². The van der Waals surface area contributed by atoms with Gasteiger partial charge in [-0.1, -0.05) is 30.3 Å². The molecule has 0 saturated carbocycles. The first-order valence-electron chi connectivity index (χ1n) is 15.0. The van der Waals surface area contributed by atoms with Crippen LogP contribution in [0.3, 0.4) is 0 Å². The number of nitrogens with zero attached hydrogens (tertiary/aromatic N) is 1. The summed E-state index contributed by atoms with van der Waals surface area (Å²) in [6.07, 6.45) is 1.74. The molecule has 2 saturated heterocycles. The van der Waals surface area contributed by atoms with Crippen LogP contribution in [-0.2, 0) is 20.9 Å². The lowest BCUT2D eigenvalue weighted by molar-refractivity contribution is -0.138. The molecular weight excluding hydrogens is 577 g/mol. The molecule has 45 heavy (non-hydrogen) atoms. The summed E-state index contributed by atoms with van der Waals surface area (Å²) in [6, 6.07) is 14.1. The van der Waals surface area contributed by atoms with Crippen molar-refractivity contribution < 1.29 is 28.3 Å². The van der Waals surface area contributed by atoms with Gasteiger partial charge in [-0.3, -0.25) is 19.3 Å². The van der Waals surface area contributed by atoms with Gasteiger partial charge in [0, 0.05) is 44.5 Å². The Labute approximate surface area is 261 Å². The average molecular weight is 616 g/mol. The lowest BCUT2D eigenvalue weighted by atomic mass is 9.90. The molecule has 236 valence electrons. The maximum atomic E-state index is 15.6. The first-order valence-corrected chi connectivity index (χ1v) is 15.0. The highest BCUT2D eigenvalue weighted by atomic mass is 19.1. The average Bonchev–Trinajstić information content (AvgIpc) is 3.02. The molecule has 5 rings (SSSR count). The fraction of sp³-hybridized carbons (Fsp3) is 0.353. The van der Waals surface area contributed by atoms with Crippen LogP contribution in [0.2, 0.25) is 0 Å². The predicted molar refractivity (Wildman–Crippen MR) is 169 cm³/mol. The SMILES string of the molecule is COc1cc(-c2cccc(-c3cccc(NC(=O)C4CNC(=O)N(C)C4=O)c3C)c2C)cc(F)c1CNCC1CCCNC1=O. The zero-order valence-corrected chi connectivity index (χ0v) is 25.9. The second-order valence-electron chi connectivity index (χ2n) is 11.5. The zero-order chi connectivity index (χ0) is 32.2. The van der Waals surface area contributed by atoms with Crippen molar-refractivity contribution in [2.45, 2.75) is 33.2 Å². The topological polar surface area (TPSA) is 129 Å². The van der Waals surface area contributed by atoms with Crippen molar-refractivity contribution in [1.29, 1.82) is 0 Å². The Bertz CT molecular complexity index is 1660. The normalized spacial score (nSPS) is 18.3. The number of piperidine rings is 1. The number of hydrogen-bond donors (Lipinski definition) is 4. The van der Waals surface area contributed by atoms with Crippen LogP contribution >= 0.6 is 0 Å². The number of urea groups is 1. The van der Waals surface area contributed by atoms with Crippen LogP contribution in [0.5, 0.6) is 5.75 Å². The van der Waals surface area contributed by atoms with E-state index in [2.05, 4.69) is 21.3 Å². The summed E-state index contributed by atoms with van der Waals surface area (Å²) >= 11 is 0. The number of carbonyl (C=O) groups excluding carboxylic acids is 4. The van der Waals surface area contributed by atoms with Crippen LogP contribution in [0, 0.1) is 31.5 Å². The van der Waals surface area contributed by atoms with Gasteiger partial charge in [-0.05, 0) is 78.3 Å². The van der Waals surface area contributed by atoms with E-state index < -0.39 is 29.6 Å². The molecule has 3 aromatic carbocycles. The zero-order valence-electron chi connectivity index (χ0n) is 25.9. The highest BCUT2D eigenvalue weighted by Gasteiger charge is 2.36. The van der Waals surface area contributed by atoms with Gasteiger partial charge in [0.1, 0.15) is 17.5 Å². The van der Waals surface area contributed by atoms with Crippen LogP contribution in [0.1, 0.15) is 29.5 Å². The number of hydrogen-bond acceptors (Lipinski definition) is 6. The van der Waals surface area contributed by atoms with Crippen molar-refractivity contribution in [2.24, 2.45) is 11.8 Å². The van der Waals surface area contributed by atoms with Gasteiger partial charge in [0.25, 0.3) is 0 Å². The molecule has 0 spiro atoms. The Kier molecular flexibility index (Phi) is 9.48. The van der Waals surface area contributed by atoms with Crippen molar-refractivity contribution in [1.82, 2.24) is 20.9 Å². The van der Waals surface area contributed by atoms with E-state index in [4.69, 9.17) is 4.74 Å². The first kappa shape index (κ1) is 31.6. The van der Waals surface area contributed by atoms with Crippen LogP contribution in [0.4, 0.5) is 14.9 Å². The lowest BCUT2D eigenvalue weighted by Crippen LogP contribution is -2.56. The number of imide groups is 1. The highest BCUT2D eigenvalue weighted by Crippen LogP contribution is 2.38. The van der Waals surface area contributed by atoms with E-state index in [1.165, 1.54) is 20.2 Å². The molecule has 0 aliphatic carbocycles. The quantitative estimate of drug-likeness (QED) is 0.268. The smallest absolute Gasteiger partial charge is 0.323 e. The van der Waals surface area contributed by atoms with E-state index >= 15 is 4.39 Å². The number of halogens is 1. The van der Waals surface area contributed by atoms with E-state index in [0.717, 1.165) is 45.6 Å². The molecule has 2 aliphatic rings. The van der Waals surface area contributed by atoms with E-state index in [-0.39, 0.29) is 24.9 Å². The third-order valence-electron chi connectivity index (χ3n) is 8.70. The van der Waals surface area contributed by atoms with E-state index in [1.807, 2.05) is 50.2 Å². The van der Waals surface area contributed by atoms with E-state index in [1.54, 1.807) is 6.07 Å². The number of methoxy groups -OCH3 is 1. The largest absolute Gasteiger partial charge is 0.496 e. The molecule has 11 heteroatoms. The minimum Gasteiger partial charge on any atom is -0.496 e. The lowest BCUT2D eigenvalue weighted by Gasteiger charge is -2.28. The van der Waals surface area contributed by atoms with Gasteiger partial charge >= 0.3 is 6.03 Å². The molecule has 2 aliphatic heterocycles. The Morgan fingerprint density at radius 1 is 1.02 bits per heavy atom. The Balaban J connectivity index is 1.38. The van der Waals surface area contributed by atoms with Gasteiger partial charge in [-0.25, -0.2) is 9.18 Å².